The molecule has 1 heterocycles. The molecule has 2 N–H and O–H groups in total. The lowest BCUT2D eigenvalue weighted by Crippen LogP contribution is -2.42. The second-order valence-electron chi connectivity index (χ2n) is 4.77. The molecule has 0 bridgehead atoms. The lowest BCUT2D eigenvalue weighted by atomic mass is 10.1. The number of anilines is 1. The summed E-state index contributed by atoms with van der Waals surface area (Å²) in [4.78, 5) is -0.439. The Morgan fingerprint density at radius 2 is 2.11 bits per heavy atom. The Balaban J connectivity index is 2.50. The van der Waals surface area contributed by atoms with Crippen molar-refractivity contribution in [2.45, 2.75) is 37.1 Å². The summed E-state index contributed by atoms with van der Waals surface area (Å²) < 4.78 is 40.3. The first-order valence-electron chi connectivity index (χ1n) is 6.10. The Hall–Kier alpha value is -0.850. The molecular formula is C12H16ClFN2O2S. The Kier molecular flexibility index (Phi) is 4.03. The molecule has 0 aromatic heterocycles. The van der Waals surface area contributed by atoms with Gasteiger partial charge in [-0.05, 0) is 31.9 Å². The maximum absolute atomic E-state index is 14.0. The SMILES string of the molecule is CC1CCCCN1S(=O)(=O)c1cc(Cl)cc(N)c1F. The van der Waals surface area contributed by atoms with Crippen LogP contribution >= 0.6 is 11.6 Å². The van der Waals surface area contributed by atoms with Gasteiger partial charge in [-0.1, -0.05) is 18.0 Å². The molecule has 1 fully saturated rings. The predicted octanol–water partition coefficient (Wildman–Crippen LogP) is 2.62. The number of halogens is 2. The van der Waals surface area contributed by atoms with E-state index in [9.17, 15) is 12.8 Å². The summed E-state index contributed by atoms with van der Waals surface area (Å²) in [5.74, 6) is -0.929. The molecule has 1 saturated heterocycles. The van der Waals surface area contributed by atoms with Gasteiger partial charge in [0, 0.05) is 17.6 Å². The van der Waals surface area contributed by atoms with Crippen LogP contribution in [-0.2, 0) is 10.0 Å². The molecule has 1 aliphatic rings. The van der Waals surface area contributed by atoms with Gasteiger partial charge >= 0.3 is 0 Å². The van der Waals surface area contributed by atoms with Gasteiger partial charge in [-0.2, -0.15) is 4.31 Å². The third-order valence-corrected chi connectivity index (χ3v) is 5.59. The minimum atomic E-state index is -3.89. The first-order chi connectivity index (χ1) is 8.84. The van der Waals surface area contributed by atoms with Gasteiger partial charge in [-0.3, -0.25) is 0 Å². The molecule has 0 aliphatic carbocycles. The molecule has 0 amide bonds. The predicted molar refractivity (Wildman–Crippen MR) is 73.0 cm³/mol. The molecule has 1 unspecified atom stereocenters. The van der Waals surface area contributed by atoms with E-state index in [2.05, 4.69) is 0 Å². The van der Waals surface area contributed by atoms with Crippen LogP contribution in [0, 0.1) is 5.82 Å². The van der Waals surface area contributed by atoms with Crippen molar-refractivity contribution in [2.24, 2.45) is 0 Å². The van der Waals surface area contributed by atoms with E-state index in [1.807, 2.05) is 6.92 Å². The number of nitrogens with zero attached hydrogens (tertiary/aromatic N) is 1. The maximum atomic E-state index is 14.0. The standard InChI is InChI=1S/C12H16ClFN2O2S/c1-8-4-2-3-5-16(8)19(17,18)11-7-9(13)6-10(15)12(11)14/h6-8H,2-5,15H2,1H3. The largest absolute Gasteiger partial charge is 0.396 e. The normalized spacial score (nSPS) is 21.5. The van der Waals surface area contributed by atoms with Crippen molar-refractivity contribution in [3.8, 4) is 0 Å². The molecule has 0 saturated carbocycles. The molecule has 106 valence electrons. The molecule has 7 heteroatoms. The number of hydrogen-bond acceptors (Lipinski definition) is 3. The molecule has 1 aromatic rings. The van der Waals surface area contributed by atoms with Crippen molar-refractivity contribution in [1.82, 2.24) is 4.31 Å². The molecule has 0 radical (unpaired) electrons. The molecule has 1 atom stereocenters. The van der Waals surface area contributed by atoms with Gasteiger partial charge in [0.2, 0.25) is 10.0 Å². The number of nitrogens with two attached hydrogens (primary N) is 1. The highest BCUT2D eigenvalue weighted by atomic mass is 35.5. The third kappa shape index (κ3) is 2.70. The Bertz CT molecular complexity index is 592. The van der Waals surface area contributed by atoms with E-state index in [0.29, 0.717) is 6.54 Å². The van der Waals surface area contributed by atoms with E-state index in [4.69, 9.17) is 17.3 Å². The number of sulfonamides is 1. The first kappa shape index (κ1) is 14.6. The van der Waals surface area contributed by atoms with Crippen LogP contribution in [-0.4, -0.2) is 25.3 Å². The zero-order valence-electron chi connectivity index (χ0n) is 10.6. The van der Waals surface area contributed by atoms with Gasteiger partial charge in [-0.25, -0.2) is 12.8 Å². The van der Waals surface area contributed by atoms with E-state index < -0.39 is 20.7 Å². The van der Waals surface area contributed by atoms with Crippen molar-refractivity contribution < 1.29 is 12.8 Å². The fraction of sp³-hybridized carbons (Fsp3) is 0.500. The van der Waals surface area contributed by atoms with Crippen LogP contribution < -0.4 is 5.73 Å². The van der Waals surface area contributed by atoms with E-state index in [0.717, 1.165) is 25.3 Å². The number of hydrogen-bond donors (Lipinski definition) is 1. The van der Waals surface area contributed by atoms with E-state index in [1.165, 1.54) is 10.4 Å². The third-order valence-electron chi connectivity index (χ3n) is 3.36. The summed E-state index contributed by atoms with van der Waals surface area (Å²) in [7, 11) is -3.89. The lowest BCUT2D eigenvalue weighted by Gasteiger charge is -2.32. The van der Waals surface area contributed by atoms with Crippen molar-refractivity contribution in [3.63, 3.8) is 0 Å². The van der Waals surface area contributed by atoms with Crippen LogP contribution in [0.2, 0.25) is 5.02 Å². The van der Waals surface area contributed by atoms with E-state index in [-0.39, 0.29) is 16.8 Å². The Morgan fingerprint density at radius 3 is 2.74 bits per heavy atom. The summed E-state index contributed by atoms with van der Waals surface area (Å²) in [5.41, 5.74) is 5.19. The smallest absolute Gasteiger partial charge is 0.246 e. The number of rotatable bonds is 2. The first-order valence-corrected chi connectivity index (χ1v) is 7.92. The van der Waals surface area contributed by atoms with Crippen LogP contribution in [0.1, 0.15) is 26.2 Å². The maximum Gasteiger partial charge on any atom is 0.246 e. The van der Waals surface area contributed by atoms with Gasteiger partial charge < -0.3 is 5.73 Å². The van der Waals surface area contributed by atoms with E-state index in [1.54, 1.807) is 0 Å². The van der Waals surface area contributed by atoms with Crippen molar-refractivity contribution >= 4 is 27.3 Å². The van der Waals surface area contributed by atoms with Crippen molar-refractivity contribution in [2.75, 3.05) is 12.3 Å². The summed E-state index contributed by atoms with van der Waals surface area (Å²) in [5, 5.41) is 0.113. The van der Waals surface area contributed by atoms with Crippen LogP contribution in [0.25, 0.3) is 0 Å². The van der Waals surface area contributed by atoms with E-state index >= 15 is 0 Å². The summed E-state index contributed by atoms with van der Waals surface area (Å²) in [6.07, 6.45) is 2.53. The topological polar surface area (TPSA) is 63.4 Å². The van der Waals surface area contributed by atoms with Crippen LogP contribution in [0.5, 0.6) is 0 Å². The average Bonchev–Trinajstić information content (AvgIpc) is 2.34. The average molecular weight is 307 g/mol. The minimum Gasteiger partial charge on any atom is -0.396 e. The highest BCUT2D eigenvalue weighted by molar-refractivity contribution is 7.89. The highest BCUT2D eigenvalue weighted by Crippen LogP contribution is 2.30. The minimum absolute atomic E-state index is 0.113. The molecule has 1 aromatic carbocycles. The van der Waals surface area contributed by atoms with Gasteiger partial charge in [0.05, 0.1) is 5.69 Å². The molecule has 0 spiro atoms. The molecule has 19 heavy (non-hydrogen) atoms. The zero-order chi connectivity index (χ0) is 14.2. The fourth-order valence-electron chi connectivity index (χ4n) is 2.33. The van der Waals surface area contributed by atoms with Gasteiger partial charge in [0.25, 0.3) is 0 Å². The van der Waals surface area contributed by atoms with Crippen LogP contribution in [0.3, 0.4) is 0 Å². The fourth-order valence-corrected chi connectivity index (χ4v) is 4.44. The van der Waals surface area contributed by atoms with Gasteiger partial charge in [0.1, 0.15) is 4.90 Å². The zero-order valence-corrected chi connectivity index (χ0v) is 12.1. The Morgan fingerprint density at radius 1 is 1.42 bits per heavy atom. The van der Waals surface area contributed by atoms with Gasteiger partial charge in [-0.15, -0.1) is 0 Å². The van der Waals surface area contributed by atoms with Crippen LogP contribution in [0.15, 0.2) is 17.0 Å². The molecular weight excluding hydrogens is 291 g/mol. The van der Waals surface area contributed by atoms with Crippen molar-refractivity contribution in [1.29, 1.82) is 0 Å². The van der Waals surface area contributed by atoms with Crippen molar-refractivity contribution in [3.05, 3.63) is 23.0 Å². The summed E-state index contributed by atoms with van der Waals surface area (Å²) >= 11 is 5.77. The molecule has 1 aliphatic heterocycles. The number of piperidine rings is 1. The van der Waals surface area contributed by atoms with Gasteiger partial charge in [0.15, 0.2) is 5.82 Å². The second-order valence-corrected chi connectivity index (χ2v) is 7.06. The quantitative estimate of drug-likeness (QED) is 0.854. The summed E-state index contributed by atoms with van der Waals surface area (Å²) in [6.45, 7) is 2.22. The molecule has 2 rings (SSSR count). The highest BCUT2D eigenvalue weighted by Gasteiger charge is 2.33. The Labute approximate surface area is 117 Å². The summed E-state index contributed by atoms with van der Waals surface area (Å²) in [6, 6.07) is 2.18. The monoisotopic (exact) mass is 306 g/mol. The number of benzene rings is 1. The lowest BCUT2D eigenvalue weighted by molar-refractivity contribution is 0.268. The molecule has 4 nitrogen and oxygen atoms in total. The second kappa shape index (κ2) is 5.26. The van der Waals surface area contributed by atoms with Crippen LogP contribution in [0.4, 0.5) is 10.1 Å². The number of nitrogen functional groups attached to an aromatic ring is 1.